The molecule has 0 amide bonds. The minimum absolute atomic E-state index is 0.00380. The van der Waals surface area contributed by atoms with Crippen molar-refractivity contribution in [3.8, 4) is 0 Å². The van der Waals surface area contributed by atoms with E-state index in [0.717, 1.165) is 0 Å². The largest absolute Gasteiger partial charge is 0.469 e. The number of hydrogen-bond donors (Lipinski definition) is 0. The minimum Gasteiger partial charge on any atom is -0.469 e. The van der Waals surface area contributed by atoms with Crippen molar-refractivity contribution in [2.75, 3.05) is 14.2 Å². The molecule has 16 heavy (non-hydrogen) atoms. The maximum atomic E-state index is 11.5. The third kappa shape index (κ3) is 2.65. The molecule has 0 aromatic carbocycles. The van der Waals surface area contributed by atoms with Gasteiger partial charge in [0, 0.05) is 0 Å². The molecule has 0 aromatic heterocycles. The second-order valence-corrected chi connectivity index (χ2v) is 4.16. The van der Waals surface area contributed by atoms with E-state index in [1.165, 1.54) is 14.2 Å². The molecule has 0 bridgehead atoms. The summed E-state index contributed by atoms with van der Waals surface area (Å²) in [6.45, 7) is 1.75. The summed E-state index contributed by atoms with van der Waals surface area (Å²) in [5, 5.41) is -0.484. The van der Waals surface area contributed by atoms with Crippen molar-refractivity contribution in [3.63, 3.8) is 0 Å². The standard InChI is InChI=1S/C10H15ClO5/c1-5-9(11)8(10(13)15-3)6(16-5)4-7(12)14-2/h5-6,8-9H,4H2,1-3H3/t5-,6+,8+,9?/m0/s1. The zero-order valence-electron chi connectivity index (χ0n) is 9.44. The van der Waals surface area contributed by atoms with Crippen LogP contribution in [0.1, 0.15) is 13.3 Å². The quantitative estimate of drug-likeness (QED) is 0.546. The van der Waals surface area contributed by atoms with Gasteiger partial charge in [0.05, 0.1) is 38.2 Å². The number of rotatable bonds is 3. The Morgan fingerprint density at radius 3 is 2.44 bits per heavy atom. The Balaban J connectivity index is 2.74. The molecule has 1 aliphatic heterocycles. The van der Waals surface area contributed by atoms with Crippen molar-refractivity contribution in [3.05, 3.63) is 0 Å². The second kappa shape index (κ2) is 5.50. The molecule has 0 aliphatic carbocycles. The molecule has 1 heterocycles. The zero-order valence-corrected chi connectivity index (χ0v) is 10.2. The van der Waals surface area contributed by atoms with Crippen LogP contribution in [0.4, 0.5) is 0 Å². The monoisotopic (exact) mass is 250 g/mol. The van der Waals surface area contributed by atoms with E-state index in [9.17, 15) is 9.59 Å². The van der Waals surface area contributed by atoms with Crippen molar-refractivity contribution in [2.45, 2.75) is 30.9 Å². The summed E-state index contributed by atoms with van der Waals surface area (Å²) >= 11 is 6.05. The van der Waals surface area contributed by atoms with Gasteiger partial charge in [0.2, 0.25) is 0 Å². The summed E-state index contributed by atoms with van der Waals surface area (Å²) in [6, 6.07) is 0. The molecule has 0 N–H and O–H groups in total. The Bertz CT molecular complexity index is 280. The van der Waals surface area contributed by atoms with Crippen LogP contribution in [0.25, 0.3) is 0 Å². The Kier molecular flexibility index (Phi) is 4.56. The lowest BCUT2D eigenvalue weighted by molar-refractivity contribution is -0.150. The molecule has 0 saturated carbocycles. The van der Waals surface area contributed by atoms with Crippen LogP contribution in [-0.4, -0.2) is 43.7 Å². The van der Waals surface area contributed by atoms with Gasteiger partial charge in [0.1, 0.15) is 5.92 Å². The highest BCUT2D eigenvalue weighted by atomic mass is 35.5. The number of esters is 2. The fourth-order valence-electron chi connectivity index (χ4n) is 1.77. The molecule has 1 fully saturated rings. The number of carbonyl (C=O) groups is 2. The van der Waals surface area contributed by atoms with E-state index in [1.807, 2.05) is 0 Å². The summed E-state index contributed by atoms with van der Waals surface area (Å²) in [7, 11) is 2.57. The van der Waals surface area contributed by atoms with E-state index >= 15 is 0 Å². The summed E-state index contributed by atoms with van der Waals surface area (Å²) < 4.78 is 14.6. The van der Waals surface area contributed by atoms with Crippen LogP contribution in [-0.2, 0) is 23.8 Å². The highest BCUT2D eigenvalue weighted by Gasteiger charge is 2.47. The summed E-state index contributed by atoms with van der Waals surface area (Å²) in [5.41, 5.74) is 0. The minimum atomic E-state index is -0.624. The highest BCUT2D eigenvalue weighted by Crippen LogP contribution is 2.33. The molecule has 1 saturated heterocycles. The predicted octanol–water partition coefficient (Wildman–Crippen LogP) is 0.733. The van der Waals surface area contributed by atoms with Crippen molar-refractivity contribution in [1.29, 1.82) is 0 Å². The molecule has 1 rings (SSSR count). The van der Waals surface area contributed by atoms with E-state index in [0.29, 0.717) is 0 Å². The van der Waals surface area contributed by atoms with Crippen molar-refractivity contribution in [2.24, 2.45) is 5.92 Å². The lowest BCUT2D eigenvalue weighted by atomic mass is 9.97. The van der Waals surface area contributed by atoms with Gasteiger partial charge in [0.25, 0.3) is 0 Å². The molecule has 1 unspecified atom stereocenters. The SMILES string of the molecule is COC(=O)C[C@H]1O[C@@H](C)C(Cl)[C@@H]1C(=O)OC. The average molecular weight is 251 g/mol. The molecule has 6 heteroatoms. The molecular formula is C10H15ClO5. The van der Waals surface area contributed by atoms with Gasteiger partial charge in [0.15, 0.2) is 0 Å². The molecule has 5 nitrogen and oxygen atoms in total. The van der Waals surface area contributed by atoms with Crippen molar-refractivity contribution >= 4 is 23.5 Å². The lowest BCUT2D eigenvalue weighted by Gasteiger charge is -2.16. The molecule has 0 radical (unpaired) electrons. The third-order valence-electron chi connectivity index (χ3n) is 2.65. The van der Waals surface area contributed by atoms with Gasteiger partial charge in [-0.15, -0.1) is 11.6 Å². The van der Waals surface area contributed by atoms with E-state index in [4.69, 9.17) is 16.3 Å². The first-order chi connectivity index (χ1) is 7.51. The molecule has 0 spiro atoms. The number of hydrogen-bond acceptors (Lipinski definition) is 5. The van der Waals surface area contributed by atoms with Gasteiger partial charge in [-0.25, -0.2) is 0 Å². The van der Waals surface area contributed by atoms with Gasteiger partial charge < -0.3 is 14.2 Å². The first kappa shape index (κ1) is 13.3. The number of alkyl halides is 1. The van der Waals surface area contributed by atoms with Gasteiger partial charge in [-0.1, -0.05) is 0 Å². The fourth-order valence-corrected chi connectivity index (χ4v) is 2.10. The molecule has 4 atom stereocenters. The summed E-state index contributed by atoms with van der Waals surface area (Å²) in [5.74, 6) is -1.52. The normalized spacial score (nSPS) is 33.5. The Morgan fingerprint density at radius 2 is 1.94 bits per heavy atom. The number of methoxy groups -OCH3 is 2. The third-order valence-corrected chi connectivity index (χ3v) is 3.28. The summed E-state index contributed by atoms with van der Waals surface area (Å²) in [6.07, 6.45) is -0.859. The van der Waals surface area contributed by atoms with Crippen LogP contribution in [0.2, 0.25) is 0 Å². The Morgan fingerprint density at radius 1 is 1.31 bits per heavy atom. The topological polar surface area (TPSA) is 61.8 Å². The van der Waals surface area contributed by atoms with Gasteiger partial charge >= 0.3 is 11.9 Å². The molecule has 1 aliphatic rings. The van der Waals surface area contributed by atoms with Crippen LogP contribution >= 0.6 is 11.6 Å². The maximum absolute atomic E-state index is 11.5. The van der Waals surface area contributed by atoms with Crippen molar-refractivity contribution < 1.29 is 23.8 Å². The van der Waals surface area contributed by atoms with Gasteiger partial charge in [-0.05, 0) is 6.92 Å². The number of halogens is 1. The zero-order chi connectivity index (χ0) is 12.3. The van der Waals surface area contributed by atoms with Gasteiger partial charge in [-0.2, -0.15) is 0 Å². The smallest absolute Gasteiger partial charge is 0.312 e. The Hall–Kier alpha value is -0.810. The number of ether oxygens (including phenoxy) is 3. The van der Waals surface area contributed by atoms with Crippen LogP contribution < -0.4 is 0 Å². The molecular weight excluding hydrogens is 236 g/mol. The van der Waals surface area contributed by atoms with Crippen molar-refractivity contribution in [1.82, 2.24) is 0 Å². The lowest BCUT2D eigenvalue weighted by Crippen LogP contribution is -2.32. The van der Waals surface area contributed by atoms with Crippen LogP contribution in [0.15, 0.2) is 0 Å². The van der Waals surface area contributed by atoms with E-state index in [2.05, 4.69) is 9.47 Å². The van der Waals surface area contributed by atoms with E-state index < -0.39 is 29.3 Å². The Labute approximate surface area is 99.0 Å². The first-order valence-corrected chi connectivity index (χ1v) is 5.39. The fraction of sp³-hybridized carbons (Fsp3) is 0.800. The maximum Gasteiger partial charge on any atom is 0.312 e. The molecule has 92 valence electrons. The van der Waals surface area contributed by atoms with E-state index in [1.54, 1.807) is 6.92 Å². The number of carbonyl (C=O) groups excluding carboxylic acids is 2. The second-order valence-electron chi connectivity index (χ2n) is 3.65. The van der Waals surface area contributed by atoms with Crippen LogP contribution in [0.5, 0.6) is 0 Å². The first-order valence-electron chi connectivity index (χ1n) is 4.95. The van der Waals surface area contributed by atoms with Crippen LogP contribution in [0, 0.1) is 5.92 Å². The highest BCUT2D eigenvalue weighted by molar-refractivity contribution is 6.22. The van der Waals surface area contributed by atoms with Gasteiger partial charge in [-0.3, -0.25) is 9.59 Å². The summed E-state index contributed by atoms with van der Waals surface area (Å²) in [4.78, 5) is 22.7. The van der Waals surface area contributed by atoms with Crippen LogP contribution in [0.3, 0.4) is 0 Å². The average Bonchev–Trinajstić information content (AvgIpc) is 2.53. The molecule has 0 aromatic rings. The van der Waals surface area contributed by atoms with E-state index in [-0.39, 0.29) is 12.5 Å². The predicted molar refractivity (Wildman–Crippen MR) is 56.1 cm³/mol.